The van der Waals surface area contributed by atoms with Crippen molar-refractivity contribution in [3.63, 3.8) is 0 Å². The van der Waals surface area contributed by atoms with Crippen molar-refractivity contribution >= 4 is 29.0 Å². The standard InChI is InChI=1S/C21H21N3O/c25-21(24-13-11-22-12-14-24)17-8-5-16(6-9-17)7-10-18-15-23-20-4-2-1-3-19(18)20/h1-10,15,22-23H,11-14H2. The Morgan fingerprint density at radius 3 is 2.52 bits per heavy atom. The van der Waals surface area contributed by atoms with E-state index in [9.17, 15) is 4.79 Å². The van der Waals surface area contributed by atoms with E-state index < -0.39 is 0 Å². The van der Waals surface area contributed by atoms with Crippen LogP contribution in [0, 0.1) is 0 Å². The molecule has 2 aromatic carbocycles. The first-order valence-corrected chi connectivity index (χ1v) is 8.65. The molecule has 1 aliphatic rings. The number of aromatic amines is 1. The van der Waals surface area contributed by atoms with E-state index >= 15 is 0 Å². The third-order valence-electron chi connectivity index (χ3n) is 4.64. The van der Waals surface area contributed by atoms with Gasteiger partial charge in [0, 0.05) is 48.8 Å². The first-order chi connectivity index (χ1) is 12.3. The average Bonchev–Trinajstić information content (AvgIpc) is 3.10. The smallest absolute Gasteiger partial charge is 0.253 e. The molecule has 1 amide bonds. The molecule has 2 N–H and O–H groups in total. The minimum Gasteiger partial charge on any atom is -0.361 e. The maximum atomic E-state index is 12.5. The predicted octanol–water partition coefficient (Wildman–Crippen LogP) is 3.38. The Bertz CT molecular complexity index is 902. The fourth-order valence-corrected chi connectivity index (χ4v) is 3.21. The Balaban J connectivity index is 1.49. The molecule has 4 nitrogen and oxygen atoms in total. The lowest BCUT2D eigenvalue weighted by atomic mass is 10.1. The van der Waals surface area contributed by atoms with Crippen LogP contribution in [-0.2, 0) is 0 Å². The lowest BCUT2D eigenvalue weighted by Gasteiger charge is -2.27. The SMILES string of the molecule is O=C(c1ccc(C=Cc2c[nH]c3ccccc23)cc1)N1CCNCC1. The van der Waals surface area contributed by atoms with Crippen molar-refractivity contribution in [1.82, 2.24) is 15.2 Å². The van der Waals surface area contributed by atoms with Gasteiger partial charge >= 0.3 is 0 Å². The molecule has 0 atom stereocenters. The third kappa shape index (κ3) is 3.35. The van der Waals surface area contributed by atoms with Crippen LogP contribution in [0.5, 0.6) is 0 Å². The maximum Gasteiger partial charge on any atom is 0.253 e. The van der Waals surface area contributed by atoms with E-state index in [2.05, 4.69) is 34.6 Å². The summed E-state index contributed by atoms with van der Waals surface area (Å²) in [4.78, 5) is 17.7. The number of carbonyl (C=O) groups is 1. The molecular weight excluding hydrogens is 310 g/mol. The molecule has 2 heterocycles. The third-order valence-corrected chi connectivity index (χ3v) is 4.64. The molecule has 0 aliphatic carbocycles. The van der Waals surface area contributed by atoms with Crippen molar-refractivity contribution in [3.8, 4) is 0 Å². The summed E-state index contributed by atoms with van der Waals surface area (Å²) in [5.41, 5.74) is 4.14. The van der Waals surface area contributed by atoms with Gasteiger partial charge in [-0.2, -0.15) is 0 Å². The van der Waals surface area contributed by atoms with Gasteiger partial charge in [-0.3, -0.25) is 4.79 Å². The number of nitrogens with one attached hydrogen (secondary N) is 2. The highest BCUT2D eigenvalue weighted by atomic mass is 16.2. The highest BCUT2D eigenvalue weighted by Crippen LogP contribution is 2.20. The summed E-state index contributed by atoms with van der Waals surface area (Å²) in [5, 5.41) is 4.48. The number of hydrogen-bond donors (Lipinski definition) is 2. The second-order valence-electron chi connectivity index (χ2n) is 6.29. The van der Waals surface area contributed by atoms with Gasteiger partial charge in [-0.05, 0) is 29.3 Å². The Morgan fingerprint density at radius 1 is 0.960 bits per heavy atom. The van der Waals surface area contributed by atoms with Gasteiger partial charge in [-0.25, -0.2) is 0 Å². The van der Waals surface area contributed by atoms with E-state index in [4.69, 9.17) is 0 Å². The number of fused-ring (bicyclic) bond motifs is 1. The molecule has 1 aliphatic heterocycles. The van der Waals surface area contributed by atoms with Crippen molar-refractivity contribution in [1.29, 1.82) is 0 Å². The summed E-state index contributed by atoms with van der Waals surface area (Å²) in [5.74, 6) is 0.119. The van der Waals surface area contributed by atoms with Crippen molar-refractivity contribution in [2.45, 2.75) is 0 Å². The summed E-state index contributed by atoms with van der Waals surface area (Å²) in [7, 11) is 0. The van der Waals surface area contributed by atoms with Crippen LogP contribution < -0.4 is 5.32 Å². The van der Waals surface area contributed by atoms with E-state index in [1.807, 2.05) is 47.5 Å². The number of hydrogen-bond acceptors (Lipinski definition) is 2. The van der Waals surface area contributed by atoms with Gasteiger partial charge in [-0.1, -0.05) is 42.5 Å². The Morgan fingerprint density at radius 2 is 1.72 bits per heavy atom. The number of benzene rings is 2. The molecule has 126 valence electrons. The molecule has 4 rings (SSSR count). The van der Waals surface area contributed by atoms with Gasteiger partial charge in [0.05, 0.1) is 0 Å². The minimum absolute atomic E-state index is 0.119. The van der Waals surface area contributed by atoms with Gasteiger partial charge in [-0.15, -0.1) is 0 Å². The van der Waals surface area contributed by atoms with Gasteiger partial charge in [0.15, 0.2) is 0 Å². The molecule has 25 heavy (non-hydrogen) atoms. The zero-order valence-electron chi connectivity index (χ0n) is 14.0. The largest absolute Gasteiger partial charge is 0.361 e. The molecule has 1 aromatic heterocycles. The van der Waals surface area contributed by atoms with Crippen LogP contribution in [-0.4, -0.2) is 42.0 Å². The number of carbonyl (C=O) groups excluding carboxylic acids is 1. The summed E-state index contributed by atoms with van der Waals surface area (Å²) >= 11 is 0. The number of para-hydroxylation sites is 1. The van der Waals surface area contributed by atoms with E-state index in [1.54, 1.807) is 0 Å². The van der Waals surface area contributed by atoms with E-state index in [1.165, 1.54) is 5.39 Å². The zero-order valence-corrected chi connectivity index (χ0v) is 14.0. The zero-order chi connectivity index (χ0) is 17.1. The highest BCUT2D eigenvalue weighted by molar-refractivity contribution is 5.95. The number of rotatable bonds is 3. The summed E-state index contributed by atoms with van der Waals surface area (Å²) in [6.07, 6.45) is 6.20. The highest BCUT2D eigenvalue weighted by Gasteiger charge is 2.17. The van der Waals surface area contributed by atoms with Crippen molar-refractivity contribution < 1.29 is 4.79 Å². The second-order valence-corrected chi connectivity index (χ2v) is 6.29. The molecule has 1 saturated heterocycles. The van der Waals surface area contributed by atoms with Crippen LogP contribution in [0.15, 0.2) is 54.7 Å². The van der Waals surface area contributed by atoms with Gasteiger partial charge in [0.2, 0.25) is 0 Å². The van der Waals surface area contributed by atoms with E-state index in [-0.39, 0.29) is 5.91 Å². The van der Waals surface area contributed by atoms with Crippen LogP contribution in [0.1, 0.15) is 21.5 Å². The normalized spacial score (nSPS) is 15.1. The summed E-state index contributed by atoms with van der Waals surface area (Å²) in [6.45, 7) is 3.30. The number of nitrogens with zero attached hydrogens (tertiary/aromatic N) is 1. The average molecular weight is 331 g/mol. The second kappa shape index (κ2) is 6.95. The van der Waals surface area contributed by atoms with Crippen LogP contribution >= 0.6 is 0 Å². The fraction of sp³-hybridized carbons (Fsp3) is 0.190. The van der Waals surface area contributed by atoms with Crippen LogP contribution in [0.2, 0.25) is 0 Å². The fourth-order valence-electron chi connectivity index (χ4n) is 3.21. The minimum atomic E-state index is 0.119. The molecule has 0 spiro atoms. The molecule has 1 fully saturated rings. The van der Waals surface area contributed by atoms with Crippen molar-refractivity contribution in [2.24, 2.45) is 0 Å². The number of piperazine rings is 1. The van der Waals surface area contributed by atoms with Crippen molar-refractivity contribution in [2.75, 3.05) is 26.2 Å². The quantitative estimate of drug-likeness (QED) is 0.773. The van der Waals surface area contributed by atoms with Crippen LogP contribution in [0.4, 0.5) is 0 Å². The Kier molecular flexibility index (Phi) is 4.36. The molecule has 0 radical (unpaired) electrons. The molecule has 0 bridgehead atoms. The first kappa shape index (κ1) is 15.7. The lowest BCUT2D eigenvalue weighted by molar-refractivity contribution is 0.0736. The summed E-state index contributed by atoms with van der Waals surface area (Å²) < 4.78 is 0. The molecule has 4 heteroatoms. The van der Waals surface area contributed by atoms with E-state index in [0.717, 1.165) is 48.4 Å². The first-order valence-electron chi connectivity index (χ1n) is 8.65. The number of H-pyrrole nitrogens is 1. The number of aromatic nitrogens is 1. The molecule has 0 unspecified atom stereocenters. The van der Waals surface area contributed by atoms with Gasteiger partial charge in [0.1, 0.15) is 0 Å². The van der Waals surface area contributed by atoms with Crippen LogP contribution in [0.3, 0.4) is 0 Å². The molecule has 0 saturated carbocycles. The lowest BCUT2D eigenvalue weighted by Crippen LogP contribution is -2.46. The van der Waals surface area contributed by atoms with Crippen molar-refractivity contribution in [3.05, 3.63) is 71.4 Å². The topological polar surface area (TPSA) is 48.1 Å². The Hall–Kier alpha value is -2.85. The van der Waals surface area contributed by atoms with E-state index in [0.29, 0.717) is 0 Å². The predicted molar refractivity (Wildman–Crippen MR) is 102 cm³/mol. The van der Waals surface area contributed by atoms with Crippen LogP contribution in [0.25, 0.3) is 23.1 Å². The Labute approximate surface area is 147 Å². The summed E-state index contributed by atoms with van der Waals surface area (Å²) in [6, 6.07) is 16.1. The number of amides is 1. The molecular formula is C21H21N3O. The molecule has 3 aromatic rings. The maximum absolute atomic E-state index is 12.5. The van der Waals surface area contributed by atoms with Gasteiger partial charge < -0.3 is 15.2 Å². The monoisotopic (exact) mass is 331 g/mol. The van der Waals surface area contributed by atoms with Gasteiger partial charge in [0.25, 0.3) is 5.91 Å².